The van der Waals surface area contributed by atoms with Gasteiger partial charge in [-0.3, -0.25) is 4.90 Å². The van der Waals surface area contributed by atoms with Crippen LogP contribution in [0, 0.1) is 0 Å². The van der Waals surface area contributed by atoms with Gasteiger partial charge in [0.15, 0.2) is 0 Å². The largest absolute Gasteiger partial charge is 0.443 e. The fraction of sp³-hybridized carbons (Fsp3) is 0.533. The van der Waals surface area contributed by atoms with Gasteiger partial charge in [-0.2, -0.15) is 0 Å². The molecule has 1 N–H and O–H groups in total. The number of para-hydroxylation sites is 1. The summed E-state index contributed by atoms with van der Waals surface area (Å²) in [6.45, 7) is 7.42. The third-order valence-corrected chi connectivity index (χ3v) is 3.02. The number of benzene rings is 1. The molecule has 0 unspecified atom stereocenters. The first kappa shape index (κ1) is 13.9. The van der Waals surface area contributed by atoms with E-state index in [4.69, 9.17) is 4.74 Å². The van der Waals surface area contributed by atoms with E-state index in [1.165, 1.54) is 0 Å². The molecule has 1 aromatic rings. The van der Waals surface area contributed by atoms with Crippen LogP contribution < -0.4 is 10.2 Å². The third kappa shape index (κ3) is 3.70. The lowest BCUT2D eigenvalue weighted by Gasteiger charge is -2.31. The smallest absolute Gasteiger partial charge is 0.415 e. The topological polar surface area (TPSA) is 41.6 Å². The second-order valence-electron chi connectivity index (χ2n) is 5.83. The molecule has 0 spiro atoms. The Morgan fingerprint density at radius 3 is 2.53 bits per heavy atom. The Hall–Kier alpha value is -1.55. The van der Waals surface area contributed by atoms with Crippen molar-refractivity contribution in [2.24, 2.45) is 0 Å². The first-order valence-corrected chi connectivity index (χ1v) is 6.75. The summed E-state index contributed by atoms with van der Waals surface area (Å²) in [6, 6.07) is 9.88. The van der Waals surface area contributed by atoms with Crippen molar-refractivity contribution >= 4 is 11.8 Å². The number of hydrogen-bond donors (Lipinski definition) is 1. The summed E-state index contributed by atoms with van der Waals surface area (Å²) in [6.07, 6.45) is 0.682. The van der Waals surface area contributed by atoms with Crippen molar-refractivity contribution in [2.45, 2.75) is 38.8 Å². The predicted octanol–water partition coefficient (Wildman–Crippen LogP) is 2.79. The van der Waals surface area contributed by atoms with Crippen LogP contribution in [0.4, 0.5) is 10.5 Å². The van der Waals surface area contributed by atoms with E-state index >= 15 is 0 Å². The van der Waals surface area contributed by atoms with Gasteiger partial charge in [0.05, 0.1) is 6.04 Å². The maximum atomic E-state index is 12.4. The zero-order valence-electron chi connectivity index (χ0n) is 11.8. The first-order chi connectivity index (χ1) is 8.97. The van der Waals surface area contributed by atoms with Crippen LogP contribution in [0.5, 0.6) is 0 Å². The van der Waals surface area contributed by atoms with Gasteiger partial charge in [0, 0.05) is 12.2 Å². The fourth-order valence-corrected chi connectivity index (χ4v) is 2.22. The van der Waals surface area contributed by atoms with Gasteiger partial charge in [0.2, 0.25) is 0 Å². The summed E-state index contributed by atoms with van der Waals surface area (Å²) >= 11 is 0. The SMILES string of the molecule is CC(C)(C)OC(=O)N(c1ccccc1)[C@@H]1CCNC1. The number of nitrogens with zero attached hydrogens (tertiary/aromatic N) is 1. The first-order valence-electron chi connectivity index (χ1n) is 6.75. The predicted molar refractivity (Wildman–Crippen MR) is 76.4 cm³/mol. The molecule has 1 atom stereocenters. The summed E-state index contributed by atoms with van der Waals surface area (Å²) in [5.74, 6) is 0. The van der Waals surface area contributed by atoms with Crippen molar-refractivity contribution in [2.75, 3.05) is 18.0 Å². The standard InChI is InChI=1S/C15H22N2O2/c1-15(2,3)19-14(18)17(13-9-10-16-11-13)12-7-5-4-6-8-12/h4-8,13,16H,9-11H2,1-3H3/t13-/m1/s1. The Bertz CT molecular complexity index is 420. The van der Waals surface area contributed by atoms with Gasteiger partial charge < -0.3 is 10.1 Å². The highest BCUT2D eigenvalue weighted by Crippen LogP contribution is 2.23. The van der Waals surface area contributed by atoms with E-state index in [1.807, 2.05) is 51.1 Å². The van der Waals surface area contributed by atoms with E-state index in [1.54, 1.807) is 4.90 Å². The highest BCUT2D eigenvalue weighted by Gasteiger charge is 2.31. The minimum absolute atomic E-state index is 0.164. The molecule has 1 aliphatic rings. The van der Waals surface area contributed by atoms with E-state index in [0.29, 0.717) is 0 Å². The molecule has 0 radical (unpaired) electrons. The Kier molecular flexibility index (Phi) is 4.10. The Morgan fingerprint density at radius 1 is 1.32 bits per heavy atom. The van der Waals surface area contributed by atoms with Gasteiger partial charge >= 0.3 is 6.09 Å². The molecule has 0 aromatic heterocycles. The van der Waals surface area contributed by atoms with Gasteiger partial charge in [-0.15, -0.1) is 0 Å². The van der Waals surface area contributed by atoms with Crippen LogP contribution in [-0.2, 0) is 4.74 Å². The highest BCUT2D eigenvalue weighted by molar-refractivity contribution is 5.88. The monoisotopic (exact) mass is 262 g/mol. The lowest BCUT2D eigenvalue weighted by Crippen LogP contribution is -2.44. The third-order valence-electron chi connectivity index (χ3n) is 3.02. The maximum Gasteiger partial charge on any atom is 0.415 e. The van der Waals surface area contributed by atoms with Crippen LogP contribution in [0.1, 0.15) is 27.2 Å². The second-order valence-corrected chi connectivity index (χ2v) is 5.83. The van der Waals surface area contributed by atoms with Crippen LogP contribution in [0.3, 0.4) is 0 Å². The molecular formula is C15H22N2O2. The fourth-order valence-electron chi connectivity index (χ4n) is 2.22. The quantitative estimate of drug-likeness (QED) is 0.891. The number of ether oxygens (including phenoxy) is 1. The molecule has 0 bridgehead atoms. The Balaban J connectivity index is 2.22. The Labute approximate surface area is 114 Å². The number of hydrogen-bond acceptors (Lipinski definition) is 3. The molecule has 4 heteroatoms. The normalized spacial score (nSPS) is 19.2. The van der Waals surface area contributed by atoms with E-state index in [2.05, 4.69) is 5.32 Å². The van der Waals surface area contributed by atoms with Crippen LogP contribution in [-0.4, -0.2) is 30.8 Å². The van der Waals surface area contributed by atoms with Crippen molar-refractivity contribution in [3.05, 3.63) is 30.3 Å². The molecule has 1 saturated heterocycles. The minimum atomic E-state index is -0.476. The molecule has 104 valence electrons. The molecule has 1 fully saturated rings. The van der Waals surface area contributed by atoms with Crippen molar-refractivity contribution in [3.8, 4) is 0 Å². The van der Waals surface area contributed by atoms with Crippen molar-refractivity contribution in [3.63, 3.8) is 0 Å². The van der Waals surface area contributed by atoms with Crippen LogP contribution >= 0.6 is 0 Å². The number of anilines is 1. The number of carbonyl (C=O) groups is 1. The van der Waals surface area contributed by atoms with Crippen LogP contribution in [0.25, 0.3) is 0 Å². The van der Waals surface area contributed by atoms with Crippen molar-refractivity contribution in [1.82, 2.24) is 5.32 Å². The average molecular weight is 262 g/mol. The van der Waals surface area contributed by atoms with Gasteiger partial charge in [-0.1, -0.05) is 18.2 Å². The van der Waals surface area contributed by atoms with Crippen molar-refractivity contribution < 1.29 is 9.53 Å². The summed E-state index contributed by atoms with van der Waals surface area (Å²) in [5.41, 5.74) is 0.418. The van der Waals surface area contributed by atoms with E-state index in [-0.39, 0.29) is 12.1 Å². The van der Waals surface area contributed by atoms with Gasteiger partial charge in [0.1, 0.15) is 5.60 Å². The van der Waals surface area contributed by atoms with Crippen LogP contribution in [0.2, 0.25) is 0 Å². The summed E-state index contributed by atoms with van der Waals surface area (Å²) in [7, 11) is 0. The average Bonchev–Trinajstić information content (AvgIpc) is 2.82. The molecule has 0 saturated carbocycles. The van der Waals surface area contributed by atoms with E-state index in [0.717, 1.165) is 25.2 Å². The highest BCUT2D eigenvalue weighted by atomic mass is 16.6. The summed E-state index contributed by atoms with van der Waals surface area (Å²) in [5, 5.41) is 3.29. The molecule has 19 heavy (non-hydrogen) atoms. The van der Waals surface area contributed by atoms with Crippen LogP contribution in [0.15, 0.2) is 30.3 Å². The number of amides is 1. The van der Waals surface area contributed by atoms with Gasteiger partial charge in [0.25, 0.3) is 0 Å². The molecule has 0 aliphatic carbocycles. The number of nitrogens with one attached hydrogen (secondary N) is 1. The lowest BCUT2D eigenvalue weighted by atomic mass is 10.2. The summed E-state index contributed by atoms with van der Waals surface area (Å²) < 4.78 is 5.53. The van der Waals surface area contributed by atoms with E-state index in [9.17, 15) is 4.79 Å². The van der Waals surface area contributed by atoms with Gasteiger partial charge in [-0.25, -0.2) is 4.79 Å². The minimum Gasteiger partial charge on any atom is -0.443 e. The van der Waals surface area contributed by atoms with Crippen molar-refractivity contribution in [1.29, 1.82) is 0 Å². The molecule has 1 aliphatic heterocycles. The molecule has 1 aromatic carbocycles. The zero-order chi connectivity index (χ0) is 13.9. The maximum absolute atomic E-state index is 12.4. The Morgan fingerprint density at radius 2 is 2.00 bits per heavy atom. The van der Waals surface area contributed by atoms with Gasteiger partial charge in [-0.05, 0) is 45.9 Å². The zero-order valence-corrected chi connectivity index (χ0v) is 11.8. The molecular weight excluding hydrogens is 240 g/mol. The van der Waals surface area contributed by atoms with E-state index < -0.39 is 5.60 Å². The molecule has 4 nitrogen and oxygen atoms in total. The lowest BCUT2D eigenvalue weighted by molar-refractivity contribution is 0.0568. The molecule has 1 amide bonds. The second kappa shape index (κ2) is 5.61. The number of carbonyl (C=O) groups excluding carboxylic acids is 1. The molecule has 2 rings (SSSR count). The summed E-state index contributed by atoms with van der Waals surface area (Å²) in [4.78, 5) is 14.2. The number of rotatable bonds is 2. The molecule has 1 heterocycles.